The summed E-state index contributed by atoms with van der Waals surface area (Å²) in [4.78, 5) is 16.7. The lowest BCUT2D eigenvalue weighted by molar-refractivity contribution is -0.207. The molecule has 6 nitrogen and oxygen atoms in total. The van der Waals surface area contributed by atoms with Crippen LogP contribution in [0.4, 0.5) is 5.82 Å². The minimum absolute atomic E-state index is 0.0133. The molecule has 4 saturated carbocycles. The highest BCUT2D eigenvalue weighted by Crippen LogP contribution is 2.68. The molecule has 0 radical (unpaired) electrons. The van der Waals surface area contributed by atoms with Gasteiger partial charge in [0.05, 0.1) is 18.3 Å². The quantitative estimate of drug-likeness (QED) is 0.496. The number of anilines is 1. The number of nitrogens with zero attached hydrogens (tertiary/aromatic N) is 1. The molecule has 5 rings (SSSR count). The van der Waals surface area contributed by atoms with Gasteiger partial charge in [0, 0.05) is 12.6 Å². The molecule has 0 aliphatic heterocycles. The lowest BCUT2D eigenvalue weighted by Crippen LogP contribution is -2.62. The van der Waals surface area contributed by atoms with Gasteiger partial charge in [0.2, 0.25) is 5.91 Å². The third-order valence-electron chi connectivity index (χ3n) is 11.3. The van der Waals surface area contributed by atoms with Crippen molar-refractivity contribution in [2.75, 3.05) is 5.32 Å². The van der Waals surface area contributed by atoms with Crippen LogP contribution in [0.2, 0.25) is 0 Å². The molecule has 1 aromatic heterocycles. The topological polar surface area (TPSA) is 103 Å². The van der Waals surface area contributed by atoms with Crippen molar-refractivity contribution in [1.82, 2.24) is 4.98 Å². The zero-order valence-corrected chi connectivity index (χ0v) is 21.6. The summed E-state index contributed by atoms with van der Waals surface area (Å²) in [5, 5.41) is 36.3. The number of aromatic nitrogens is 1. The van der Waals surface area contributed by atoms with Crippen LogP contribution in [-0.2, 0) is 4.79 Å². The lowest BCUT2D eigenvalue weighted by atomic mass is 9.43. The Morgan fingerprint density at radius 1 is 1.11 bits per heavy atom. The van der Waals surface area contributed by atoms with Crippen LogP contribution in [0.15, 0.2) is 24.4 Å². The Morgan fingerprint density at radius 2 is 1.91 bits per heavy atom. The van der Waals surface area contributed by atoms with Crippen molar-refractivity contribution in [3.8, 4) is 0 Å². The van der Waals surface area contributed by atoms with E-state index in [0.29, 0.717) is 41.8 Å². The number of amides is 1. The SMILES string of the molecule is CC(CCC(=O)Nc1ccccn1)[C@H]1CCC2C3C(C[C@H](O)[C@@]21C)[C@@]1(C)CC[C@@H](O)CC1C[C@H]3O. The molecule has 0 spiro atoms. The van der Waals surface area contributed by atoms with Crippen LogP contribution < -0.4 is 5.32 Å². The molecular formula is C29H44N2O4. The number of hydrogen-bond donors (Lipinski definition) is 4. The van der Waals surface area contributed by atoms with E-state index in [4.69, 9.17) is 0 Å². The second-order valence-corrected chi connectivity index (χ2v) is 12.8. The minimum atomic E-state index is -0.388. The van der Waals surface area contributed by atoms with Crippen molar-refractivity contribution in [3.05, 3.63) is 24.4 Å². The number of fused-ring (bicyclic) bond motifs is 5. The van der Waals surface area contributed by atoms with Gasteiger partial charge in [-0.1, -0.05) is 26.8 Å². The average Bonchev–Trinajstić information content (AvgIpc) is 3.18. The second-order valence-electron chi connectivity index (χ2n) is 12.8. The summed E-state index contributed by atoms with van der Waals surface area (Å²) >= 11 is 0. The maximum Gasteiger partial charge on any atom is 0.225 e. The molecule has 6 heteroatoms. The van der Waals surface area contributed by atoms with Crippen LogP contribution in [0.3, 0.4) is 0 Å². The molecule has 194 valence electrons. The average molecular weight is 485 g/mol. The standard InChI is InChI=1S/C29H44N2O4/c1-17(7-10-26(35)31-25-6-4-5-13-30-25)20-8-9-21-27-22(16-24(34)29(20,21)3)28(2)12-11-19(32)14-18(28)15-23(27)33/h4-6,13,17-24,27,32-34H,7-12,14-16H2,1-3H3,(H,30,31,35)/t17?,18?,19-,20-,21?,22?,23-,24+,27?,28+,29-/m1/s1. The zero-order valence-electron chi connectivity index (χ0n) is 21.6. The van der Waals surface area contributed by atoms with Crippen LogP contribution >= 0.6 is 0 Å². The molecule has 35 heavy (non-hydrogen) atoms. The fourth-order valence-corrected chi connectivity index (χ4v) is 9.33. The number of pyridine rings is 1. The summed E-state index contributed by atoms with van der Waals surface area (Å²) in [6, 6.07) is 5.49. The number of carbonyl (C=O) groups is 1. The van der Waals surface area contributed by atoms with Gasteiger partial charge in [0.25, 0.3) is 0 Å². The highest BCUT2D eigenvalue weighted by Gasteiger charge is 2.65. The van der Waals surface area contributed by atoms with Crippen molar-refractivity contribution in [2.45, 2.75) is 96.9 Å². The number of rotatable bonds is 5. The van der Waals surface area contributed by atoms with E-state index in [-0.39, 0.29) is 41.0 Å². The van der Waals surface area contributed by atoms with Crippen molar-refractivity contribution in [3.63, 3.8) is 0 Å². The van der Waals surface area contributed by atoms with Gasteiger partial charge in [-0.25, -0.2) is 4.98 Å². The second kappa shape index (κ2) is 9.42. The molecule has 11 atom stereocenters. The normalized spacial score (nSPS) is 45.7. The van der Waals surface area contributed by atoms with Gasteiger partial charge in [-0.15, -0.1) is 0 Å². The first-order chi connectivity index (χ1) is 16.6. The van der Waals surface area contributed by atoms with E-state index in [1.54, 1.807) is 12.3 Å². The van der Waals surface area contributed by atoms with Gasteiger partial charge in [0.1, 0.15) is 5.82 Å². The first-order valence-electron chi connectivity index (χ1n) is 13.9. The number of aliphatic hydroxyl groups is 3. The van der Waals surface area contributed by atoms with Crippen molar-refractivity contribution in [1.29, 1.82) is 0 Å². The van der Waals surface area contributed by atoms with Gasteiger partial charge >= 0.3 is 0 Å². The number of nitrogens with one attached hydrogen (secondary N) is 1. The monoisotopic (exact) mass is 484 g/mol. The summed E-state index contributed by atoms with van der Waals surface area (Å²) in [7, 11) is 0. The number of aliphatic hydroxyl groups excluding tert-OH is 3. The minimum Gasteiger partial charge on any atom is -0.393 e. The predicted octanol–water partition coefficient (Wildman–Crippen LogP) is 4.40. The summed E-state index contributed by atoms with van der Waals surface area (Å²) in [6.07, 6.45) is 8.17. The fraction of sp³-hybridized carbons (Fsp3) is 0.793. The predicted molar refractivity (Wildman–Crippen MR) is 135 cm³/mol. The van der Waals surface area contributed by atoms with E-state index >= 15 is 0 Å². The number of hydrogen-bond acceptors (Lipinski definition) is 5. The number of carbonyl (C=O) groups excluding carboxylic acids is 1. The van der Waals surface area contributed by atoms with Crippen LogP contribution in [0.25, 0.3) is 0 Å². The molecule has 0 saturated heterocycles. The lowest BCUT2D eigenvalue weighted by Gasteiger charge is -2.63. The Morgan fingerprint density at radius 3 is 2.66 bits per heavy atom. The summed E-state index contributed by atoms with van der Waals surface area (Å²) in [6.45, 7) is 6.88. The summed E-state index contributed by atoms with van der Waals surface area (Å²) < 4.78 is 0. The van der Waals surface area contributed by atoms with E-state index in [2.05, 4.69) is 31.1 Å². The van der Waals surface area contributed by atoms with Crippen LogP contribution in [0.5, 0.6) is 0 Å². The van der Waals surface area contributed by atoms with Crippen LogP contribution in [0.1, 0.15) is 78.6 Å². The fourth-order valence-electron chi connectivity index (χ4n) is 9.33. The van der Waals surface area contributed by atoms with Crippen molar-refractivity contribution in [2.24, 2.45) is 46.3 Å². The third kappa shape index (κ3) is 4.23. The molecule has 4 aliphatic rings. The first kappa shape index (κ1) is 25.2. The molecule has 0 aromatic carbocycles. The van der Waals surface area contributed by atoms with Gasteiger partial charge < -0.3 is 20.6 Å². The van der Waals surface area contributed by atoms with Gasteiger partial charge in [-0.2, -0.15) is 0 Å². The van der Waals surface area contributed by atoms with Crippen LogP contribution in [-0.4, -0.2) is 44.5 Å². The zero-order chi connectivity index (χ0) is 25.0. The highest BCUT2D eigenvalue weighted by molar-refractivity contribution is 5.89. The maximum atomic E-state index is 12.5. The maximum absolute atomic E-state index is 12.5. The van der Waals surface area contributed by atoms with Crippen LogP contribution in [0, 0.1) is 46.3 Å². The molecule has 4 N–H and O–H groups in total. The molecule has 4 aliphatic carbocycles. The smallest absolute Gasteiger partial charge is 0.225 e. The summed E-state index contributed by atoms with van der Waals surface area (Å²) in [5.74, 6) is 2.43. The molecule has 1 aromatic rings. The van der Waals surface area contributed by atoms with Crippen molar-refractivity contribution < 1.29 is 20.1 Å². The molecule has 0 bridgehead atoms. The largest absolute Gasteiger partial charge is 0.393 e. The van der Waals surface area contributed by atoms with E-state index < -0.39 is 0 Å². The highest BCUT2D eigenvalue weighted by atomic mass is 16.3. The molecule has 5 unspecified atom stereocenters. The molecule has 1 heterocycles. The van der Waals surface area contributed by atoms with E-state index in [0.717, 1.165) is 51.4 Å². The van der Waals surface area contributed by atoms with E-state index in [1.807, 2.05) is 12.1 Å². The Kier molecular flexibility index (Phi) is 6.77. The van der Waals surface area contributed by atoms with E-state index in [9.17, 15) is 20.1 Å². The Hall–Kier alpha value is -1.50. The van der Waals surface area contributed by atoms with Gasteiger partial charge in [0.15, 0.2) is 0 Å². The Bertz CT molecular complexity index is 911. The molecular weight excluding hydrogens is 440 g/mol. The third-order valence-corrected chi connectivity index (χ3v) is 11.3. The van der Waals surface area contributed by atoms with Gasteiger partial charge in [-0.05, 0) is 110 Å². The summed E-state index contributed by atoms with van der Waals surface area (Å²) in [5.41, 5.74) is -0.130. The Labute approximate surface area is 209 Å². The van der Waals surface area contributed by atoms with E-state index in [1.165, 1.54) is 0 Å². The Balaban J connectivity index is 1.29. The first-order valence-corrected chi connectivity index (χ1v) is 13.9. The van der Waals surface area contributed by atoms with Crippen molar-refractivity contribution >= 4 is 11.7 Å². The van der Waals surface area contributed by atoms with Gasteiger partial charge in [-0.3, -0.25) is 4.79 Å². The molecule has 4 fully saturated rings. The molecule has 1 amide bonds.